The van der Waals surface area contributed by atoms with Gasteiger partial charge >= 0.3 is 37.4 Å². The van der Waals surface area contributed by atoms with Crippen LogP contribution in [0.4, 0.5) is 4.39 Å². The van der Waals surface area contributed by atoms with Crippen LogP contribution in [0.5, 0.6) is 11.5 Å². The number of fused-ring (bicyclic) bond motifs is 1. The third-order valence-electron chi connectivity index (χ3n) is 3.12. The molecule has 0 atom stereocenters. The summed E-state index contributed by atoms with van der Waals surface area (Å²) in [4.78, 5) is 21.6. The molecule has 0 fully saturated rings. The number of oxazole rings is 1. The van der Waals surface area contributed by atoms with Crippen molar-refractivity contribution in [3.63, 3.8) is 0 Å². The summed E-state index contributed by atoms with van der Waals surface area (Å²) in [7, 11) is -4.86. The van der Waals surface area contributed by atoms with E-state index >= 15 is 0 Å². The first-order chi connectivity index (χ1) is 11.3. The predicted molar refractivity (Wildman–Crippen MR) is 84.9 cm³/mol. The first-order valence-electron chi connectivity index (χ1n) is 6.58. The van der Waals surface area contributed by atoms with Gasteiger partial charge in [-0.05, 0) is 24.3 Å². The van der Waals surface area contributed by atoms with Crippen LogP contribution in [0.3, 0.4) is 0 Å². The number of hydrogen-bond donors (Lipinski definition) is 3. The summed E-state index contributed by atoms with van der Waals surface area (Å²) in [6, 6.07) is 6.21. The Morgan fingerprint density at radius 3 is 2.64 bits per heavy atom. The van der Waals surface area contributed by atoms with Gasteiger partial charge in [-0.2, -0.15) is 0 Å². The zero-order valence-electron chi connectivity index (χ0n) is 14.0. The van der Waals surface area contributed by atoms with Gasteiger partial charge in [-0.25, -0.2) is 13.9 Å². The van der Waals surface area contributed by atoms with E-state index in [1.165, 1.54) is 24.3 Å². The van der Waals surface area contributed by atoms with E-state index in [-0.39, 0.29) is 48.2 Å². The van der Waals surface area contributed by atoms with Crippen LogP contribution in [0.2, 0.25) is 0 Å². The third-order valence-corrected chi connectivity index (χ3v) is 3.55. The zero-order valence-corrected chi connectivity index (χ0v) is 15.9. The summed E-state index contributed by atoms with van der Waals surface area (Å²) >= 11 is 0. The molecule has 0 saturated carbocycles. The van der Waals surface area contributed by atoms with Crippen molar-refractivity contribution in [3.05, 3.63) is 48.3 Å². The fourth-order valence-electron chi connectivity index (χ4n) is 2.15. The first-order valence-corrected chi connectivity index (χ1v) is 8.11. The van der Waals surface area contributed by atoms with Crippen molar-refractivity contribution in [2.45, 2.75) is 0 Å². The summed E-state index contributed by atoms with van der Waals surface area (Å²) in [5.41, 5.74) is 1.48. The van der Waals surface area contributed by atoms with E-state index in [2.05, 4.69) is 16.1 Å². The molecule has 0 aliphatic heterocycles. The smallest absolute Gasteiger partial charge is 1.00 e. The molecule has 0 aliphatic rings. The summed E-state index contributed by atoms with van der Waals surface area (Å²) < 4.78 is 34.5. The molecule has 2 aromatic carbocycles. The molecule has 126 valence electrons. The van der Waals surface area contributed by atoms with Gasteiger partial charge in [0.15, 0.2) is 17.1 Å². The monoisotopic (exact) mass is 375 g/mol. The van der Waals surface area contributed by atoms with E-state index in [0.29, 0.717) is 16.7 Å². The van der Waals surface area contributed by atoms with E-state index in [9.17, 15) is 14.1 Å². The van der Waals surface area contributed by atoms with Crippen LogP contribution in [0.25, 0.3) is 28.6 Å². The first kappa shape index (κ1) is 19.7. The number of benzene rings is 2. The van der Waals surface area contributed by atoms with Gasteiger partial charge < -0.3 is 15.5 Å². The van der Waals surface area contributed by atoms with Crippen LogP contribution in [0.15, 0.2) is 41.3 Å². The molecule has 10 heteroatoms. The van der Waals surface area contributed by atoms with E-state index in [1.807, 2.05) is 0 Å². The molecule has 0 saturated heterocycles. The predicted octanol–water partition coefficient (Wildman–Crippen LogP) is 0.570. The van der Waals surface area contributed by atoms with E-state index in [0.717, 1.165) is 12.1 Å². The van der Waals surface area contributed by atoms with Crippen molar-refractivity contribution in [2.75, 3.05) is 0 Å². The number of aromatic nitrogens is 1. The van der Waals surface area contributed by atoms with Crippen LogP contribution >= 0.6 is 7.82 Å². The number of halogens is 1. The molecule has 0 amide bonds. The van der Waals surface area contributed by atoms with Gasteiger partial charge in [-0.15, -0.1) is 0 Å². The van der Waals surface area contributed by atoms with Gasteiger partial charge in [-0.1, -0.05) is 12.7 Å². The molecule has 7 nitrogen and oxygen atoms in total. The van der Waals surface area contributed by atoms with Crippen molar-refractivity contribution >= 4 is 25.0 Å². The Kier molecular flexibility index (Phi) is 5.73. The van der Waals surface area contributed by atoms with E-state index in [1.54, 1.807) is 0 Å². The Morgan fingerprint density at radius 1 is 1.32 bits per heavy atom. The molecule has 0 radical (unpaired) electrons. The summed E-state index contributed by atoms with van der Waals surface area (Å²) in [6.07, 6.45) is 1.48. The summed E-state index contributed by atoms with van der Waals surface area (Å²) in [5, 5.41) is 9.63. The number of rotatable bonds is 4. The standard InChI is InChI=1S/C15H11FNO6P.Na.H/c1-2-8-5-10(18)7-12-14(8)22-15(17-12)9-3-4-13(11(16)6-9)23-24(19,20)21;;/h2-7,18H,1H2,(H2,19,20,21);;/q;+1;-1. The maximum Gasteiger partial charge on any atom is 1.00 e. The Morgan fingerprint density at radius 2 is 2.04 bits per heavy atom. The van der Waals surface area contributed by atoms with Gasteiger partial charge in [0.25, 0.3) is 0 Å². The summed E-state index contributed by atoms with van der Waals surface area (Å²) in [6.45, 7) is 3.61. The molecule has 3 rings (SSSR count). The average molecular weight is 375 g/mol. The second-order valence-corrected chi connectivity index (χ2v) is 6.00. The molecule has 1 heterocycles. The SMILES string of the molecule is C=Cc1cc(O)cc2nc(-c3ccc(OP(=O)(O)O)c(F)c3)oc12.[H-].[Na+]. The van der Waals surface area contributed by atoms with Crippen LogP contribution in [-0.4, -0.2) is 19.9 Å². The average Bonchev–Trinajstić information content (AvgIpc) is 2.90. The molecule has 0 aliphatic carbocycles. The van der Waals surface area contributed by atoms with Crippen LogP contribution < -0.4 is 34.1 Å². The molecular weight excluding hydrogens is 363 g/mol. The van der Waals surface area contributed by atoms with Gasteiger partial charge in [0, 0.05) is 17.2 Å². The molecule has 0 spiro atoms. The molecule has 0 bridgehead atoms. The van der Waals surface area contributed by atoms with E-state index < -0.39 is 19.4 Å². The zero-order chi connectivity index (χ0) is 17.5. The molecule has 1 aromatic heterocycles. The van der Waals surface area contributed by atoms with Crippen molar-refractivity contribution in [2.24, 2.45) is 0 Å². The molecular formula is C15H12FNNaO6P. The number of phenolic OH excluding ortho intramolecular Hbond substituents is 1. The second-order valence-electron chi connectivity index (χ2n) is 4.83. The largest absolute Gasteiger partial charge is 1.00 e. The molecule has 3 N–H and O–H groups in total. The fraction of sp³-hybridized carbons (Fsp3) is 0. The number of aromatic hydroxyl groups is 1. The van der Waals surface area contributed by atoms with Gasteiger partial charge in [0.05, 0.1) is 0 Å². The maximum absolute atomic E-state index is 13.9. The normalized spacial score (nSPS) is 11.2. The molecule has 25 heavy (non-hydrogen) atoms. The number of phosphoric acid groups is 1. The maximum atomic E-state index is 13.9. The van der Waals surface area contributed by atoms with Gasteiger partial charge in [0.1, 0.15) is 11.3 Å². The Hall–Kier alpha value is -1.67. The van der Waals surface area contributed by atoms with E-state index in [4.69, 9.17) is 14.2 Å². The minimum Gasteiger partial charge on any atom is -1.00 e. The Labute approximate surface area is 164 Å². The van der Waals surface area contributed by atoms with Crippen molar-refractivity contribution in [1.82, 2.24) is 4.98 Å². The second kappa shape index (κ2) is 7.29. The van der Waals surface area contributed by atoms with Crippen LogP contribution in [0.1, 0.15) is 6.99 Å². The number of hydrogen-bond acceptors (Lipinski definition) is 5. The van der Waals surface area contributed by atoms with Crippen LogP contribution in [0, 0.1) is 5.82 Å². The third kappa shape index (κ3) is 4.30. The van der Waals surface area contributed by atoms with Crippen LogP contribution in [-0.2, 0) is 4.57 Å². The molecule has 0 unspecified atom stereocenters. The summed E-state index contributed by atoms with van der Waals surface area (Å²) in [5.74, 6) is -1.52. The quantitative estimate of drug-likeness (QED) is 0.451. The Balaban J connectivity index is 0.00000169. The number of nitrogens with zero attached hydrogens (tertiary/aromatic N) is 1. The number of phosphoric ester groups is 1. The topological polar surface area (TPSA) is 113 Å². The van der Waals surface area contributed by atoms with Gasteiger partial charge in [0.2, 0.25) is 5.89 Å². The fourth-order valence-corrected chi connectivity index (χ4v) is 2.56. The van der Waals surface area contributed by atoms with Crippen molar-refractivity contribution in [3.8, 4) is 23.0 Å². The minimum atomic E-state index is -4.86. The van der Waals surface area contributed by atoms with Crippen molar-refractivity contribution < 1.29 is 63.8 Å². The minimum absolute atomic E-state index is 0. The van der Waals surface area contributed by atoms with Crippen molar-refractivity contribution in [1.29, 1.82) is 0 Å². The van der Waals surface area contributed by atoms with Gasteiger partial charge in [-0.3, -0.25) is 9.79 Å². The number of phenols is 1. The molecule has 3 aromatic rings. The Bertz CT molecular complexity index is 1010.